The number of rotatable bonds is 5. The second kappa shape index (κ2) is 7.23. The monoisotopic (exact) mass is 412 g/mol. The van der Waals surface area contributed by atoms with Crippen molar-refractivity contribution in [2.45, 2.75) is 18.7 Å². The first-order valence-electron chi connectivity index (χ1n) is 6.97. The Morgan fingerprint density at radius 2 is 1.83 bits per heavy atom. The summed E-state index contributed by atoms with van der Waals surface area (Å²) in [5.74, 6) is 0.0588. The summed E-state index contributed by atoms with van der Waals surface area (Å²) < 4.78 is 33.7. The topological polar surface area (TPSA) is 84.5 Å². The number of hydrogen-bond donors (Lipinski definition) is 2. The molecule has 0 aliphatic rings. The van der Waals surface area contributed by atoms with Gasteiger partial charge in [-0.25, -0.2) is 8.42 Å². The SMILES string of the molecule is COc1ccc(S(=O)(=O)Nc2ccc(Br)cc2C)cc1NC(C)=O. The van der Waals surface area contributed by atoms with Gasteiger partial charge in [-0.3, -0.25) is 9.52 Å². The molecule has 2 aromatic rings. The van der Waals surface area contributed by atoms with Crippen molar-refractivity contribution in [2.75, 3.05) is 17.1 Å². The van der Waals surface area contributed by atoms with E-state index in [9.17, 15) is 13.2 Å². The number of anilines is 2. The van der Waals surface area contributed by atoms with Crippen LogP contribution in [0.4, 0.5) is 11.4 Å². The highest BCUT2D eigenvalue weighted by molar-refractivity contribution is 9.10. The zero-order valence-electron chi connectivity index (χ0n) is 13.4. The first kappa shape index (κ1) is 18.3. The Morgan fingerprint density at radius 3 is 2.42 bits per heavy atom. The summed E-state index contributed by atoms with van der Waals surface area (Å²) in [5, 5.41) is 2.56. The molecule has 0 aliphatic heterocycles. The van der Waals surface area contributed by atoms with E-state index in [0.29, 0.717) is 17.1 Å². The van der Waals surface area contributed by atoms with Gasteiger partial charge in [0.15, 0.2) is 0 Å². The average molecular weight is 413 g/mol. The molecule has 0 spiro atoms. The van der Waals surface area contributed by atoms with Crippen molar-refractivity contribution in [1.82, 2.24) is 0 Å². The van der Waals surface area contributed by atoms with Gasteiger partial charge in [-0.1, -0.05) is 15.9 Å². The van der Waals surface area contributed by atoms with Crippen LogP contribution in [0.3, 0.4) is 0 Å². The molecule has 0 saturated heterocycles. The highest BCUT2D eigenvalue weighted by Gasteiger charge is 2.18. The lowest BCUT2D eigenvalue weighted by Crippen LogP contribution is -2.15. The lowest BCUT2D eigenvalue weighted by Gasteiger charge is -2.14. The molecule has 2 aromatic carbocycles. The zero-order chi connectivity index (χ0) is 17.9. The van der Waals surface area contributed by atoms with E-state index in [2.05, 4.69) is 26.0 Å². The smallest absolute Gasteiger partial charge is 0.261 e. The zero-order valence-corrected chi connectivity index (χ0v) is 15.8. The van der Waals surface area contributed by atoms with E-state index in [1.54, 1.807) is 19.1 Å². The van der Waals surface area contributed by atoms with Crippen LogP contribution in [-0.2, 0) is 14.8 Å². The number of benzene rings is 2. The Bertz CT molecular complexity index is 882. The van der Waals surface area contributed by atoms with Gasteiger partial charge in [-0.05, 0) is 48.9 Å². The molecular formula is C16H17BrN2O4S. The quantitative estimate of drug-likeness (QED) is 0.786. The Morgan fingerprint density at radius 1 is 1.12 bits per heavy atom. The molecule has 0 aromatic heterocycles. The molecule has 1 amide bonds. The van der Waals surface area contributed by atoms with Crippen LogP contribution in [0.1, 0.15) is 12.5 Å². The third kappa shape index (κ3) is 4.27. The molecule has 2 N–H and O–H groups in total. The molecule has 2 rings (SSSR count). The first-order valence-corrected chi connectivity index (χ1v) is 9.25. The number of ether oxygens (including phenoxy) is 1. The average Bonchev–Trinajstić information content (AvgIpc) is 2.49. The van der Waals surface area contributed by atoms with E-state index < -0.39 is 10.0 Å². The Kier molecular flexibility index (Phi) is 5.51. The molecule has 0 radical (unpaired) electrons. The Labute approximate surface area is 149 Å². The summed E-state index contributed by atoms with van der Waals surface area (Å²) >= 11 is 3.34. The highest BCUT2D eigenvalue weighted by atomic mass is 79.9. The standard InChI is InChI=1S/C16H17BrN2O4S/c1-10-8-12(17)4-6-14(10)19-24(21,22)13-5-7-16(23-3)15(9-13)18-11(2)20/h4-9,19H,1-3H3,(H,18,20). The number of sulfonamides is 1. The van der Waals surface area contributed by atoms with Gasteiger partial charge >= 0.3 is 0 Å². The predicted molar refractivity (Wildman–Crippen MR) is 97.0 cm³/mol. The molecule has 8 heteroatoms. The van der Waals surface area contributed by atoms with Crippen molar-refractivity contribution >= 4 is 43.2 Å². The van der Waals surface area contributed by atoms with Crippen LogP contribution in [-0.4, -0.2) is 21.4 Å². The van der Waals surface area contributed by atoms with Gasteiger partial charge in [-0.15, -0.1) is 0 Å². The number of carbonyl (C=O) groups excluding carboxylic acids is 1. The lowest BCUT2D eigenvalue weighted by atomic mass is 10.2. The molecule has 0 heterocycles. The Hall–Kier alpha value is -2.06. The van der Waals surface area contributed by atoms with Crippen molar-refractivity contribution in [3.05, 3.63) is 46.4 Å². The maximum absolute atomic E-state index is 12.6. The van der Waals surface area contributed by atoms with Crippen molar-refractivity contribution < 1.29 is 17.9 Å². The fraction of sp³-hybridized carbons (Fsp3) is 0.188. The van der Waals surface area contributed by atoms with E-state index in [1.807, 2.05) is 6.07 Å². The second-order valence-electron chi connectivity index (χ2n) is 5.11. The molecule has 6 nitrogen and oxygen atoms in total. The van der Waals surface area contributed by atoms with Crippen LogP contribution >= 0.6 is 15.9 Å². The summed E-state index contributed by atoms with van der Waals surface area (Å²) in [6.45, 7) is 3.14. The molecule has 0 atom stereocenters. The lowest BCUT2D eigenvalue weighted by molar-refractivity contribution is -0.114. The minimum atomic E-state index is -3.80. The molecule has 0 aliphatic carbocycles. The van der Waals surface area contributed by atoms with Gasteiger partial charge in [0.05, 0.1) is 23.4 Å². The molecule has 0 unspecified atom stereocenters. The second-order valence-corrected chi connectivity index (χ2v) is 7.71. The summed E-state index contributed by atoms with van der Waals surface area (Å²) in [6, 6.07) is 9.51. The van der Waals surface area contributed by atoms with E-state index in [4.69, 9.17) is 4.74 Å². The van der Waals surface area contributed by atoms with Gasteiger partial charge in [0.2, 0.25) is 5.91 Å². The minimum Gasteiger partial charge on any atom is -0.495 e. The van der Waals surface area contributed by atoms with Crippen LogP contribution in [0.2, 0.25) is 0 Å². The van der Waals surface area contributed by atoms with Crippen LogP contribution < -0.4 is 14.8 Å². The first-order chi connectivity index (χ1) is 11.2. The van der Waals surface area contributed by atoms with Crippen LogP contribution in [0.5, 0.6) is 5.75 Å². The third-order valence-corrected chi connectivity index (χ3v) is 5.08. The fourth-order valence-electron chi connectivity index (χ4n) is 2.09. The molecular weight excluding hydrogens is 396 g/mol. The number of hydrogen-bond acceptors (Lipinski definition) is 4. The van der Waals surface area contributed by atoms with Crippen molar-refractivity contribution in [2.24, 2.45) is 0 Å². The fourth-order valence-corrected chi connectivity index (χ4v) is 3.72. The van der Waals surface area contributed by atoms with E-state index in [1.165, 1.54) is 32.2 Å². The number of amides is 1. The van der Waals surface area contributed by atoms with Crippen molar-refractivity contribution in [3.63, 3.8) is 0 Å². The van der Waals surface area contributed by atoms with Gasteiger partial charge in [0, 0.05) is 11.4 Å². The molecule has 128 valence electrons. The van der Waals surface area contributed by atoms with Crippen molar-refractivity contribution in [1.29, 1.82) is 0 Å². The number of nitrogens with one attached hydrogen (secondary N) is 2. The summed E-state index contributed by atoms with van der Waals surface area (Å²) in [4.78, 5) is 11.3. The van der Waals surface area contributed by atoms with E-state index >= 15 is 0 Å². The summed E-state index contributed by atoms with van der Waals surface area (Å²) in [5.41, 5.74) is 1.55. The van der Waals surface area contributed by atoms with E-state index in [0.717, 1.165) is 10.0 Å². The van der Waals surface area contributed by atoms with Gasteiger partial charge in [0.25, 0.3) is 10.0 Å². The number of carbonyl (C=O) groups is 1. The minimum absolute atomic E-state index is 0.0226. The van der Waals surface area contributed by atoms with Crippen molar-refractivity contribution in [3.8, 4) is 5.75 Å². The largest absolute Gasteiger partial charge is 0.495 e. The molecule has 0 fully saturated rings. The number of halogens is 1. The number of aryl methyl sites for hydroxylation is 1. The normalized spacial score (nSPS) is 11.0. The van der Waals surface area contributed by atoms with Gasteiger partial charge < -0.3 is 10.1 Å². The summed E-state index contributed by atoms with van der Waals surface area (Å²) in [7, 11) is -2.36. The van der Waals surface area contributed by atoms with Crippen LogP contribution in [0, 0.1) is 6.92 Å². The maximum atomic E-state index is 12.6. The van der Waals surface area contributed by atoms with Crippen LogP contribution in [0.25, 0.3) is 0 Å². The number of methoxy groups -OCH3 is 1. The highest BCUT2D eigenvalue weighted by Crippen LogP contribution is 2.29. The van der Waals surface area contributed by atoms with Gasteiger partial charge in [0.1, 0.15) is 5.75 Å². The maximum Gasteiger partial charge on any atom is 0.261 e. The third-order valence-electron chi connectivity index (χ3n) is 3.22. The molecule has 0 saturated carbocycles. The molecule has 0 bridgehead atoms. The van der Waals surface area contributed by atoms with Gasteiger partial charge in [-0.2, -0.15) is 0 Å². The Balaban J connectivity index is 2.40. The predicted octanol–water partition coefficient (Wildman–Crippen LogP) is 3.53. The molecule has 24 heavy (non-hydrogen) atoms. The summed E-state index contributed by atoms with van der Waals surface area (Å²) in [6.07, 6.45) is 0. The van der Waals surface area contributed by atoms with Crippen LogP contribution in [0.15, 0.2) is 45.8 Å². The van der Waals surface area contributed by atoms with E-state index in [-0.39, 0.29) is 10.8 Å².